The van der Waals surface area contributed by atoms with Gasteiger partial charge in [0, 0.05) is 39.1 Å². The predicted octanol–water partition coefficient (Wildman–Crippen LogP) is 1.33. The molecule has 142 valence electrons. The Labute approximate surface area is 163 Å². The fourth-order valence-electron chi connectivity index (χ4n) is 3.62. The van der Waals surface area contributed by atoms with E-state index in [0.717, 1.165) is 23.1 Å². The molecule has 0 aliphatic carbocycles. The number of halogens is 1. The van der Waals surface area contributed by atoms with E-state index in [1.54, 1.807) is 28.6 Å². The summed E-state index contributed by atoms with van der Waals surface area (Å²) >= 11 is 0. The SMILES string of the molecule is Cl.Cn1c(=O)n(CC(=O)N2CCNCC2c2cccnc2)c2ccccc21. The largest absolute Gasteiger partial charge is 0.331 e. The van der Waals surface area contributed by atoms with E-state index in [2.05, 4.69) is 10.3 Å². The maximum atomic E-state index is 13.1. The smallest absolute Gasteiger partial charge is 0.329 e. The first-order valence-corrected chi connectivity index (χ1v) is 8.71. The molecule has 1 atom stereocenters. The quantitative estimate of drug-likeness (QED) is 0.736. The molecule has 1 aliphatic heterocycles. The van der Waals surface area contributed by atoms with Gasteiger partial charge in [0.1, 0.15) is 6.54 Å². The van der Waals surface area contributed by atoms with Crippen LogP contribution < -0.4 is 11.0 Å². The van der Waals surface area contributed by atoms with Crippen LogP contribution in [0.2, 0.25) is 0 Å². The summed E-state index contributed by atoms with van der Waals surface area (Å²) in [6.07, 6.45) is 3.52. The van der Waals surface area contributed by atoms with Gasteiger partial charge in [0.2, 0.25) is 5.91 Å². The first kappa shape index (κ1) is 19.1. The van der Waals surface area contributed by atoms with E-state index in [1.165, 1.54) is 0 Å². The van der Waals surface area contributed by atoms with Crippen LogP contribution in [0.25, 0.3) is 11.0 Å². The zero-order chi connectivity index (χ0) is 18.1. The van der Waals surface area contributed by atoms with Crippen molar-refractivity contribution in [3.63, 3.8) is 0 Å². The monoisotopic (exact) mass is 387 g/mol. The van der Waals surface area contributed by atoms with Gasteiger partial charge in [-0.15, -0.1) is 12.4 Å². The molecule has 1 fully saturated rings. The molecule has 27 heavy (non-hydrogen) atoms. The van der Waals surface area contributed by atoms with Gasteiger partial charge in [-0.2, -0.15) is 0 Å². The number of nitrogens with zero attached hydrogens (tertiary/aromatic N) is 4. The molecule has 1 unspecified atom stereocenters. The fraction of sp³-hybridized carbons (Fsp3) is 0.316. The molecule has 1 aromatic carbocycles. The second-order valence-corrected chi connectivity index (χ2v) is 6.51. The number of carbonyl (C=O) groups is 1. The average molecular weight is 388 g/mol. The standard InChI is InChI=1S/C19H21N5O2.ClH/c1-22-15-6-2-3-7-16(15)24(19(22)26)13-18(25)23-10-9-21-12-17(23)14-5-4-8-20-11-14;/h2-8,11,17,21H,9-10,12-13H2,1H3;1H. The fourth-order valence-corrected chi connectivity index (χ4v) is 3.62. The molecule has 8 heteroatoms. The van der Waals surface area contributed by atoms with Crippen LogP contribution in [0.3, 0.4) is 0 Å². The number of amides is 1. The Morgan fingerprint density at radius 2 is 2.00 bits per heavy atom. The lowest BCUT2D eigenvalue weighted by atomic mass is 10.1. The Bertz CT molecular complexity index is 998. The second kappa shape index (κ2) is 7.94. The molecule has 0 radical (unpaired) electrons. The minimum atomic E-state index is -0.174. The van der Waals surface area contributed by atoms with Gasteiger partial charge in [0.25, 0.3) is 0 Å². The van der Waals surface area contributed by atoms with Gasteiger partial charge < -0.3 is 10.2 Å². The number of fused-ring (bicyclic) bond motifs is 1. The molecule has 7 nitrogen and oxygen atoms in total. The Morgan fingerprint density at radius 1 is 1.22 bits per heavy atom. The Hall–Kier alpha value is -2.64. The highest BCUT2D eigenvalue weighted by molar-refractivity contribution is 5.85. The van der Waals surface area contributed by atoms with Crippen molar-refractivity contribution in [2.75, 3.05) is 19.6 Å². The molecule has 1 N–H and O–H groups in total. The van der Waals surface area contributed by atoms with Crippen molar-refractivity contribution in [1.29, 1.82) is 0 Å². The number of aromatic nitrogens is 3. The lowest BCUT2D eigenvalue weighted by molar-refractivity contribution is -0.135. The predicted molar refractivity (Wildman–Crippen MR) is 106 cm³/mol. The van der Waals surface area contributed by atoms with Crippen molar-refractivity contribution in [3.05, 3.63) is 64.8 Å². The maximum absolute atomic E-state index is 13.1. The average Bonchev–Trinajstić information content (AvgIpc) is 2.94. The van der Waals surface area contributed by atoms with Crippen LogP contribution in [-0.4, -0.2) is 44.6 Å². The summed E-state index contributed by atoms with van der Waals surface area (Å²) in [4.78, 5) is 31.7. The lowest BCUT2D eigenvalue weighted by Crippen LogP contribution is -2.50. The van der Waals surface area contributed by atoms with Crippen molar-refractivity contribution in [1.82, 2.24) is 24.3 Å². The first-order chi connectivity index (χ1) is 12.7. The minimum absolute atomic E-state index is 0. The van der Waals surface area contributed by atoms with Crippen molar-refractivity contribution in [3.8, 4) is 0 Å². The van der Waals surface area contributed by atoms with Crippen molar-refractivity contribution >= 4 is 29.3 Å². The summed E-state index contributed by atoms with van der Waals surface area (Å²) in [5, 5.41) is 3.33. The first-order valence-electron chi connectivity index (χ1n) is 8.71. The lowest BCUT2D eigenvalue weighted by Gasteiger charge is -2.36. The van der Waals surface area contributed by atoms with Crippen LogP contribution in [-0.2, 0) is 18.4 Å². The number of para-hydroxylation sites is 2. The van der Waals surface area contributed by atoms with Crippen molar-refractivity contribution in [2.24, 2.45) is 7.05 Å². The summed E-state index contributed by atoms with van der Waals surface area (Å²) in [7, 11) is 1.73. The molecule has 1 saturated heterocycles. The van der Waals surface area contributed by atoms with Gasteiger partial charge in [-0.1, -0.05) is 18.2 Å². The Morgan fingerprint density at radius 3 is 2.74 bits per heavy atom. The third-order valence-electron chi connectivity index (χ3n) is 4.98. The van der Waals surface area contributed by atoms with E-state index in [9.17, 15) is 9.59 Å². The minimum Gasteiger partial charge on any atom is -0.331 e. The van der Waals surface area contributed by atoms with E-state index in [4.69, 9.17) is 0 Å². The number of rotatable bonds is 3. The molecule has 0 saturated carbocycles. The van der Waals surface area contributed by atoms with Crippen LogP contribution >= 0.6 is 12.4 Å². The summed E-state index contributed by atoms with van der Waals surface area (Å²) in [5.41, 5.74) is 2.43. The number of hydrogen-bond acceptors (Lipinski definition) is 4. The molecule has 4 rings (SSSR count). The van der Waals surface area contributed by atoms with Crippen LogP contribution in [0, 0.1) is 0 Å². The topological polar surface area (TPSA) is 72.2 Å². The second-order valence-electron chi connectivity index (χ2n) is 6.51. The van der Waals surface area contributed by atoms with E-state index in [-0.39, 0.29) is 36.6 Å². The van der Waals surface area contributed by atoms with Crippen molar-refractivity contribution < 1.29 is 4.79 Å². The van der Waals surface area contributed by atoms with Gasteiger partial charge in [-0.25, -0.2) is 4.79 Å². The van der Waals surface area contributed by atoms with Crippen LogP contribution in [0.4, 0.5) is 0 Å². The van der Waals surface area contributed by atoms with Crippen LogP contribution in [0.5, 0.6) is 0 Å². The zero-order valence-electron chi connectivity index (χ0n) is 15.0. The van der Waals surface area contributed by atoms with Gasteiger partial charge in [0.05, 0.1) is 17.1 Å². The van der Waals surface area contributed by atoms with Crippen molar-refractivity contribution in [2.45, 2.75) is 12.6 Å². The summed E-state index contributed by atoms with van der Waals surface area (Å²) < 4.78 is 3.14. The number of nitrogens with one attached hydrogen (secondary N) is 1. The molecule has 2 aromatic heterocycles. The third kappa shape index (κ3) is 3.48. The number of imidazole rings is 1. The summed E-state index contributed by atoms with van der Waals surface area (Å²) in [6, 6.07) is 11.3. The maximum Gasteiger partial charge on any atom is 0.329 e. The third-order valence-corrected chi connectivity index (χ3v) is 4.98. The molecule has 0 bridgehead atoms. The molecular formula is C19H22ClN5O2. The van der Waals surface area contributed by atoms with E-state index in [1.807, 2.05) is 41.3 Å². The number of aryl methyl sites for hydroxylation is 1. The van der Waals surface area contributed by atoms with Gasteiger partial charge in [-0.3, -0.25) is 18.9 Å². The molecule has 0 spiro atoms. The zero-order valence-corrected chi connectivity index (χ0v) is 15.9. The highest BCUT2D eigenvalue weighted by atomic mass is 35.5. The molecule has 3 heterocycles. The Balaban J connectivity index is 0.00000210. The number of hydrogen-bond donors (Lipinski definition) is 1. The summed E-state index contributed by atoms with van der Waals surface area (Å²) in [5.74, 6) is -0.0567. The highest BCUT2D eigenvalue weighted by Gasteiger charge is 2.28. The van der Waals surface area contributed by atoms with Gasteiger partial charge in [0.15, 0.2) is 0 Å². The van der Waals surface area contributed by atoms with Crippen LogP contribution in [0.1, 0.15) is 11.6 Å². The van der Waals surface area contributed by atoms with Crippen LogP contribution in [0.15, 0.2) is 53.6 Å². The van der Waals surface area contributed by atoms with E-state index < -0.39 is 0 Å². The van der Waals surface area contributed by atoms with E-state index in [0.29, 0.717) is 13.1 Å². The normalized spacial score (nSPS) is 16.9. The Kier molecular flexibility index (Phi) is 5.62. The molecule has 3 aromatic rings. The number of piperazine rings is 1. The highest BCUT2D eigenvalue weighted by Crippen LogP contribution is 2.22. The molecular weight excluding hydrogens is 366 g/mol. The number of carbonyl (C=O) groups excluding carboxylic acids is 1. The van der Waals surface area contributed by atoms with E-state index >= 15 is 0 Å². The molecule has 1 aliphatic rings. The van der Waals surface area contributed by atoms with Gasteiger partial charge >= 0.3 is 5.69 Å². The molecule has 1 amide bonds. The summed E-state index contributed by atoms with van der Waals surface area (Å²) in [6.45, 7) is 2.07. The number of pyridine rings is 1. The number of benzene rings is 1. The van der Waals surface area contributed by atoms with Gasteiger partial charge in [-0.05, 0) is 23.8 Å².